The second-order valence-corrected chi connectivity index (χ2v) is 8.35. The number of nitro benzene ring substituents is 1. The van der Waals surface area contributed by atoms with Gasteiger partial charge in [-0.1, -0.05) is 29.8 Å². The van der Waals surface area contributed by atoms with E-state index in [1.807, 2.05) is 6.92 Å². The molecule has 0 spiro atoms. The van der Waals surface area contributed by atoms with Crippen molar-refractivity contribution in [3.05, 3.63) is 93.8 Å². The molecule has 2 aromatic rings. The summed E-state index contributed by atoms with van der Waals surface area (Å²) in [5.41, 5.74) is 1.48. The van der Waals surface area contributed by atoms with Gasteiger partial charge in [-0.15, -0.1) is 0 Å². The molecule has 0 radical (unpaired) electrons. The number of sulfonamides is 1. The fourth-order valence-electron chi connectivity index (χ4n) is 2.68. The molecule has 0 N–H and O–H groups in total. The van der Waals surface area contributed by atoms with Gasteiger partial charge in [-0.2, -0.15) is 4.31 Å². The van der Waals surface area contributed by atoms with E-state index in [0.717, 1.165) is 5.56 Å². The summed E-state index contributed by atoms with van der Waals surface area (Å²) in [5.74, 6) is -0.695. The molecule has 9 heteroatoms. The summed E-state index contributed by atoms with van der Waals surface area (Å²) in [6.07, 6.45) is 4.54. The summed E-state index contributed by atoms with van der Waals surface area (Å²) in [5, 5.41) is 10.7. The van der Waals surface area contributed by atoms with Crippen LogP contribution in [0.2, 0.25) is 0 Å². The molecular weight excluding hydrogens is 396 g/mol. The highest BCUT2D eigenvalue weighted by Crippen LogP contribution is 2.21. The minimum absolute atomic E-state index is 0.0558. The maximum absolute atomic E-state index is 12.8. The number of aryl methyl sites for hydroxylation is 1. The molecule has 0 aliphatic carbocycles. The number of esters is 1. The van der Waals surface area contributed by atoms with Gasteiger partial charge in [-0.25, -0.2) is 13.2 Å². The molecule has 8 nitrogen and oxygen atoms in total. The standard InChI is InChI=1S/C20H18N2O6S/c1-15-4-10-19(11-5-15)29(26,27)21-12-2-3-16(13-21)14-28-20(23)17-6-8-18(9-7-17)22(24)25/h2-11,14H,12-13H2,1H3/b16-14+. The molecule has 2 aromatic carbocycles. The molecule has 0 saturated carbocycles. The van der Waals surface area contributed by atoms with Crippen molar-refractivity contribution in [2.75, 3.05) is 13.1 Å². The van der Waals surface area contributed by atoms with E-state index >= 15 is 0 Å². The Hall–Kier alpha value is -3.30. The van der Waals surface area contributed by atoms with Crippen LogP contribution in [0.5, 0.6) is 0 Å². The molecule has 0 bridgehead atoms. The van der Waals surface area contributed by atoms with E-state index in [9.17, 15) is 23.3 Å². The van der Waals surface area contributed by atoms with Crippen LogP contribution in [0.25, 0.3) is 0 Å². The Bertz CT molecular complexity index is 1090. The minimum Gasteiger partial charge on any atom is -0.431 e. The Morgan fingerprint density at radius 3 is 2.41 bits per heavy atom. The zero-order valence-corrected chi connectivity index (χ0v) is 16.3. The molecule has 0 aromatic heterocycles. The third-order valence-corrected chi connectivity index (χ3v) is 6.12. The summed E-state index contributed by atoms with van der Waals surface area (Å²) < 4.78 is 32.0. The molecule has 0 amide bonds. The van der Waals surface area contributed by atoms with Gasteiger partial charge in [-0.05, 0) is 31.2 Å². The summed E-state index contributed by atoms with van der Waals surface area (Å²) >= 11 is 0. The Labute approximate surface area is 167 Å². The van der Waals surface area contributed by atoms with E-state index in [2.05, 4.69) is 0 Å². The number of carbonyl (C=O) groups excluding carboxylic acids is 1. The van der Waals surface area contributed by atoms with Gasteiger partial charge in [0, 0.05) is 30.8 Å². The molecule has 1 aliphatic heterocycles. The molecule has 1 heterocycles. The first kappa shape index (κ1) is 20.4. The Morgan fingerprint density at radius 1 is 1.14 bits per heavy atom. The smallest absolute Gasteiger partial charge is 0.342 e. The topological polar surface area (TPSA) is 107 Å². The van der Waals surface area contributed by atoms with Crippen LogP contribution in [-0.2, 0) is 14.8 Å². The first-order valence-corrected chi connectivity index (χ1v) is 10.1. The van der Waals surface area contributed by atoms with Crippen molar-refractivity contribution in [2.45, 2.75) is 11.8 Å². The van der Waals surface area contributed by atoms with Gasteiger partial charge < -0.3 is 4.74 Å². The van der Waals surface area contributed by atoms with Crippen molar-refractivity contribution in [3.63, 3.8) is 0 Å². The fraction of sp³-hybridized carbons (Fsp3) is 0.150. The second kappa shape index (κ2) is 8.38. The summed E-state index contributed by atoms with van der Waals surface area (Å²) in [6, 6.07) is 11.6. The lowest BCUT2D eigenvalue weighted by Crippen LogP contribution is -2.34. The number of nitrogens with zero attached hydrogens (tertiary/aromatic N) is 2. The highest BCUT2D eigenvalue weighted by Gasteiger charge is 2.26. The van der Waals surface area contributed by atoms with E-state index in [0.29, 0.717) is 5.57 Å². The van der Waals surface area contributed by atoms with Crippen molar-refractivity contribution in [3.8, 4) is 0 Å². The van der Waals surface area contributed by atoms with E-state index in [-0.39, 0.29) is 29.2 Å². The first-order chi connectivity index (χ1) is 13.8. The third kappa shape index (κ3) is 4.76. The average molecular weight is 414 g/mol. The maximum Gasteiger partial charge on any atom is 0.342 e. The SMILES string of the molecule is Cc1ccc(S(=O)(=O)N2CC=C/C(=C\OC(=O)c3ccc([N+](=O)[O-])cc3)C2)cc1. The first-order valence-electron chi connectivity index (χ1n) is 8.65. The van der Waals surface area contributed by atoms with Crippen LogP contribution in [0.15, 0.2) is 77.4 Å². The van der Waals surface area contributed by atoms with Gasteiger partial charge in [-0.3, -0.25) is 10.1 Å². The van der Waals surface area contributed by atoms with Crippen LogP contribution in [0, 0.1) is 17.0 Å². The van der Waals surface area contributed by atoms with Gasteiger partial charge in [0.05, 0.1) is 21.6 Å². The number of carbonyl (C=O) groups is 1. The Balaban J connectivity index is 1.70. The lowest BCUT2D eigenvalue weighted by atomic mass is 10.2. The second-order valence-electron chi connectivity index (χ2n) is 6.42. The average Bonchev–Trinajstić information content (AvgIpc) is 2.72. The van der Waals surface area contributed by atoms with Gasteiger partial charge in [0.2, 0.25) is 10.0 Å². The number of benzene rings is 2. The number of hydrogen-bond acceptors (Lipinski definition) is 6. The lowest BCUT2D eigenvalue weighted by molar-refractivity contribution is -0.384. The van der Waals surface area contributed by atoms with Crippen molar-refractivity contribution in [1.82, 2.24) is 4.31 Å². The molecule has 0 atom stereocenters. The molecular formula is C20H18N2O6S. The van der Waals surface area contributed by atoms with Gasteiger partial charge >= 0.3 is 5.97 Å². The maximum atomic E-state index is 12.8. The van der Waals surface area contributed by atoms with Crippen molar-refractivity contribution < 1.29 is 22.9 Å². The minimum atomic E-state index is -3.68. The fourth-order valence-corrected chi connectivity index (χ4v) is 4.06. The highest BCUT2D eigenvalue weighted by molar-refractivity contribution is 7.89. The van der Waals surface area contributed by atoms with Crippen LogP contribution in [0.3, 0.4) is 0 Å². The van der Waals surface area contributed by atoms with Gasteiger partial charge in [0.25, 0.3) is 5.69 Å². The highest BCUT2D eigenvalue weighted by atomic mass is 32.2. The van der Waals surface area contributed by atoms with Crippen LogP contribution in [-0.4, -0.2) is 36.7 Å². The van der Waals surface area contributed by atoms with Crippen LogP contribution >= 0.6 is 0 Å². The van der Waals surface area contributed by atoms with E-state index < -0.39 is 20.9 Å². The van der Waals surface area contributed by atoms with E-state index in [1.54, 1.807) is 36.4 Å². The molecule has 3 rings (SSSR count). The zero-order chi connectivity index (χ0) is 21.0. The quantitative estimate of drug-likeness (QED) is 0.322. The van der Waals surface area contributed by atoms with Crippen LogP contribution in [0.1, 0.15) is 15.9 Å². The monoisotopic (exact) mass is 414 g/mol. The van der Waals surface area contributed by atoms with Crippen molar-refractivity contribution in [1.29, 1.82) is 0 Å². The molecule has 0 fully saturated rings. The number of non-ortho nitro benzene ring substituents is 1. The number of ether oxygens (including phenoxy) is 1. The van der Waals surface area contributed by atoms with Crippen molar-refractivity contribution in [2.24, 2.45) is 0 Å². The largest absolute Gasteiger partial charge is 0.431 e. The molecule has 0 unspecified atom stereocenters. The summed E-state index contributed by atoms with van der Waals surface area (Å²) in [7, 11) is -3.68. The normalized spacial score (nSPS) is 16.0. The van der Waals surface area contributed by atoms with Crippen molar-refractivity contribution >= 4 is 21.7 Å². The number of rotatable bonds is 5. The van der Waals surface area contributed by atoms with E-state index in [1.165, 1.54) is 34.8 Å². The predicted molar refractivity (Wildman–Crippen MR) is 106 cm³/mol. The number of hydrogen-bond donors (Lipinski definition) is 0. The third-order valence-electron chi connectivity index (χ3n) is 4.29. The van der Waals surface area contributed by atoms with Crippen LogP contribution < -0.4 is 0 Å². The van der Waals surface area contributed by atoms with Crippen LogP contribution in [0.4, 0.5) is 5.69 Å². The summed E-state index contributed by atoms with van der Waals surface area (Å²) in [6.45, 7) is 2.14. The molecule has 1 aliphatic rings. The van der Waals surface area contributed by atoms with E-state index in [4.69, 9.17) is 4.74 Å². The predicted octanol–water partition coefficient (Wildman–Crippen LogP) is 3.20. The molecule has 150 valence electrons. The van der Waals surface area contributed by atoms with Gasteiger partial charge in [0.1, 0.15) is 0 Å². The van der Waals surface area contributed by atoms with Gasteiger partial charge in [0.15, 0.2) is 0 Å². The molecule has 29 heavy (non-hydrogen) atoms. The lowest BCUT2D eigenvalue weighted by Gasteiger charge is -2.24. The zero-order valence-electron chi connectivity index (χ0n) is 15.5. The Kier molecular flexibility index (Phi) is 5.90. The molecule has 0 saturated heterocycles. The summed E-state index contributed by atoms with van der Waals surface area (Å²) in [4.78, 5) is 22.4. The Morgan fingerprint density at radius 2 is 1.79 bits per heavy atom. The number of nitro groups is 1.